The molecule has 1 heterocycles. The fourth-order valence-electron chi connectivity index (χ4n) is 4.50. The van der Waals surface area contributed by atoms with E-state index in [1.807, 2.05) is 61.5 Å². The molecule has 0 saturated heterocycles. The lowest BCUT2D eigenvalue weighted by molar-refractivity contribution is -0.115. The van der Waals surface area contributed by atoms with Crippen LogP contribution in [0.4, 0.5) is 10.7 Å². The highest BCUT2D eigenvalue weighted by Gasteiger charge is 2.30. The first-order valence-corrected chi connectivity index (χ1v) is 15.0. The predicted molar refractivity (Wildman–Crippen MR) is 161 cm³/mol. The van der Waals surface area contributed by atoms with Crippen LogP contribution in [0.5, 0.6) is 0 Å². The maximum Gasteiger partial charge on any atom is 0.341 e. The van der Waals surface area contributed by atoms with Gasteiger partial charge in [-0.1, -0.05) is 50.2 Å². The van der Waals surface area contributed by atoms with Crippen molar-refractivity contribution in [3.8, 4) is 0 Å². The Hall–Kier alpha value is -3.36. The lowest BCUT2D eigenvalue weighted by Gasteiger charge is -2.18. The highest BCUT2D eigenvalue weighted by Crippen LogP contribution is 2.40. The van der Waals surface area contributed by atoms with Gasteiger partial charge >= 0.3 is 5.97 Å². The molecule has 0 saturated carbocycles. The van der Waals surface area contributed by atoms with Gasteiger partial charge in [-0.25, -0.2) is 4.79 Å². The summed E-state index contributed by atoms with van der Waals surface area (Å²) in [6.07, 6.45) is 6.61. The second-order valence-corrected chi connectivity index (χ2v) is 11.9. The zero-order chi connectivity index (χ0) is 27.8. The molecular formula is C31H34N2O4S2. The summed E-state index contributed by atoms with van der Waals surface area (Å²) in [7, 11) is 0. The first-order valence-electron chi connectivity index (χ1n) is 13.3. The summed E-state index contributed by atoms with van der Waals surface area (Å²) < 4.78 is 5.34. The Bertz CT molecular complexity index is 1350. The second-order valence-electron chi connectivity index (χ2n) is 9.54. The first-order chi connectivity index (χ1) is 18.9. The number of benzene rings is 2. The summed E-state index contributed by atoms with van der Waals surface area (Å²) in [5.74, 6) is -0.200. The molecule has 6 nitrogen and oxygen atoms in total. The van der Waals surface area contributed by atoms with Crippen molar-refractivity contribution >= 4 is 57.6 Å². The number of esters is 1. The fraction of sp³-hybridized carbons (Fsp3) is 0.323. The molecule has 0 bridgehead atoms. The lowest BCUT2D eigenvalue weighted by Crippen LogP contribution is -2.25. The molecule has 0 radical (unpaired) electrons. The zero-order valence-electron chi connectivity index (χ0n) is 22.5. The van der Waals surface area contributed by atoms with Crippen molar-refractivity contribution in [2.45, 2.75) is 56.6 Å². The summed E-state index contributed by atoms with van der Waals surface area (Å²) in [6.45, 7) is 6.25. The van der Waals surface area contributed by atoms with Crippen LogP contribution in [0.3, 0.4) is 0 Å². The average Bonchev–Trinajstić information content (AvgIpc) is 3.28. The number of rotatable bonds is 10. The van der Waals surface area contributed by atoms with Crippen LogP contribution in [0, 0.1) is 5.92 Å². The monoisotopic (exact) mass is 562 g/mol. The standard InChI is InChI=1S/C31H34N2O4S2/c1-4-25(29(35)33-30-28(31(36)37-5-2)24-16-14-20(3)18-26(24)39-30)38-23-13-9-12-22(19-23)32-27(34)17-15-21-10-7-6-8-11-21/h6-13,15,17,19-20,25H,4-5,14,16,18H2,1-3H3,(H,32,34)(H,33,35)/b17-15+. The maximum absolute atomic E-state index is 13.4. The number of fused-ring (bicyclic) bond motifs is 1. The number of carbonyl (C=O) groups excluding carboxylic acids is 3. The molecule has 2 aromatic carbocycles. The van der Waals surface area contributed by atoms with Gasteiger partial charge in [0.05, 0.1) is 17.4 Å². The van der Waals surface area contributed by atoms with Crippen molar-refractivity contribution in [3.63, 3.8) is 0 Å². The number of carbonyl (C=O) groups is 3. The molecule has 2 atom stereocenters. The van der Waals surface area contributed by atoms with Gasteiger partial charge in [-0.05, 0) is 73.9 Å². The summed E-state index contributed by atoms with van der Waals surface area (Å²) >= 11 is 2.93. The van der Waals surface area contributed by atoms with E-state index in [1.165, 1.54) is 29.2 Å². The second kappa shape index (κ2) is 13.6. The maximum atomic E-state index is 13.4. The number of amides is 2. The molecule has 0 aliphatic heterocycles. The lowest BCUT2D eigenvalue weighted by atomic mass is 9.88. The van der Waals surface area contributed by atoms with E-state index in [4.69, 9.17) is 4.74 Å². The van der Waals surface area contributed by atoms with Gasteiger partial charge in [0.15, 0.2) is 0 Å². The summed E-state index contributed by atoms with van der Waals surface area (Å²) in [4.78, 5) is 40.7. The van der Waals surface area contributed by atoms with Crippen LogP contribution in [0.1, 0.15) is 60.0 Å². The number of thiophene rings is 1. The topological polar surface area (TPSA) is 84.5 Å². The Morgan fingerprint density at radius 3 is 2.64 bits per heavy atom. The molecule has 39 heavy (non-hydrogen) atoms. The molecule has 2 N–H and O–H groups in total. The van der Waals surface area contributed by atoms with Gasteiger partial charge in [-0.2, -0.15) is 0 Å². The largest absolute Gasteiger partial charge is 0.462 e. The fourth-order valence-corrected chi connectivity index (χ4v) is 6.92. The zero-order valence-corrected chi connectivity index (χ0v) is 24.1. The van der Waals surface area contributed by atoms with Crippen molar-refractivity contribution in [2.24, 2.45) is 5.92 Å². The third-order valence-electron chi connectivity index (χ3n) is 6.50. The molecule has 204 valence electrons. The quantitative estimate of drug-likeness (QED) is 0.155. The minimum Gasteiger partial charge on any atom is -0.462 e. The Morgan fingerprint density at radius 1 is 1.10 bits per heavy atom. The highest BCUT2D eigenvalue weighted by atomic mass is 32.2. The van der Waals surface area contributed by atoms with Gasteiger partial charge in [0.25, 0.3) is 0 Å². The van der Waals surface area contributed by atoms with Gasteiger partial charge in [0.2, 0.25) is 11.8 Å². The number of nitrogens with one attached hydrogen (secondary N) is 2. The van der Waals surface area contributed by atoms with E-state index in [0.717, 1.165) is 40.2 Å². The molecule has 8 heteroatoms. The van der Waals surface area contributed by atoms with E-state index in [9.17, 15) is 14.4 Å². The van der Waals surface area contributed by atoms with E-state index in [-0.39, 0.29) is 29.6 Å². The molecule has 4 rings (SSSR count). The van der Waals surface area contributed by atoms with Crippen molar-refractivity contribution in [2.75, 3.05) is 17.2 Å². The summed E-state index contributed by atoms with van der Waals surface area (Å²) in [5, 5.41) is 6.15. The third-order valence-corrected chi connectivity index (χ3v) is 9.03. The van der Waals surface area contributed by atoms with Gasteiger partial charge in [0.1, 0.15) is 5.00 Å². The van der Waals surface area contributed by atoms with E-state index in [1.54, 1.807) is 13.0 Å². The van der Waals surface area contributed by atoms with Crippen molar-refractivity contribution in [3.05, 3.63) is 82.2 Å². The molecule has 1 aromatic heterocycles. The SMILES string of the molecule is CCOC(=O)c1c(NC(=O)C(CC)Sc2cccc(NC(=O)/C=C/c3ccccc3)c2)sc2c1CCC(C)C2. The predicted octanol–water partition coefficient (Wildman–Crippen LogP) is 7.21. The van der Waals surface area contributed by atoms with Crippen LogP contribution in [-0.4, -0.2) is 29.6 Å². The van der Waals surface area contributed by atoms with E-state index in [0.29, 0.717) is 28.6 Å². The summed E-state index contributed by atoms with van der Waals surface area (Å²) in [5.41, 5.74) is 3.14. The normalized spacial score (nSPS) is 15.4. The molecule has 2 amide bonds. The molecular weight excluding hydrogens is 528 g/mol. The van der Waals surface area contributed by atoms with Crippen LogP contribution in [0.15, 0.2) is 65.6 Å². The van der Waals surface area contributed by atoms with Crippen LogP contribution < -0.4 is 10.6 Å². The molecule has 3 aromatic rings. The third kappa shape index (κ3) is 7.61. The Labute approximate surface area is 238 Å². The minimum atomic E-state index is -0.373. The van der Waals surface area contributed by atoms with Gasteiger partial charge < -0.3 is 15.4 Å². The summed E-state index contributed by atoms with van der Waals surface area (Å²) in [6, 6.07) is 17.1. The van der Waals surface area contributed by atoms with Crippen LogP contribution in [0.2, 0.25) is 0 Å². The van der Waals surface area contributed by atoms with E-state index >= 15 is 0 Å². The van der Waals surface area contributed by atoms with Crippen molar-refractivity contribution < 1.29 is 19.1 Å². The van der Waals surface area contributed by atoms with E-state index < -0.39 is 0 Å². The van der Waals surface area contributed by atoms with Gasteiger partial charge in [-0.3, -0.25) is 9.59 Å². The Morgan fingerprint density at radius 2 is 1.90 bits per heavy atom. The number of ether oxygens (including phenoxy) is 1. The Balaban J connectivity index is 1.44. The average molecular weight is 563 g/mol. The molecule has 0 fully saturated rings. The smallest absolute Gasteiger partial charge is 0.341 e. The molecule has 0 spiro atoms. The Kier molecular flexibility index (Phi) is 10.0. The van der Waals surface area contributed by atoms with Gasteiger partial charge in [-0.15, -0.1) is 23.1 Å². The molecule has 1 aliphatic rings. The molecule has 2 unspecified atom stereocenters. The number of hydrogen-bond acceptors (Lipinski definition) is 6. The van der Waals surface area contributed by atoms with Crippen LogP contribution >= 0.6 is 23.1 Å². The molecule has 1 aliphatic carbocycles. The number of anilines is 2. The number of thioether (sulfide) groups is 1. The minimum absolute atomic E-state index is 0.153. The number of hydrogen-bond donors (Lipinski definition) is 2. The van der Waals surface area contributed by atoms with Crippen LogP contribution in [0.25, 0.3) is 6.08 Å². The van der Waals surface area contributed by atoms with E-state index in [2.05, 4.69) is 17.6 Å². The van der Waals surface area contributed by atoms with Crippen molar-refractivity contribution in [1.29, 1.82) is 0 Å². The van der Waals surface area contributed by atoms with Gasteiger partial charge in [0, 0.05) is 21.5 Å². The highest BCUT2D eigenvalue weighted by molar-refractivity contribution is 8.00. The van der Waals surface area contributed by atoms with Crippen molar-refractivity contribution in [1.82, 2.24) is 0 Å². The van der Waals surface area contributed by atoms with Crippen LogP contribution in [-0.2, 0) is 27.2 Å². The first kappa shape index (κ1) is 28.6.